The smallest absolute Gasteiger partial charge is 0.347 e. The van der Waals surface area contributed by atoms with Crippen LogP contribution in [0, 0.1) is 0 Å². The van der Waals surface area contributed by atoms with E-state index in [1.54, 1.807) is 48.5 Å². The fourth-order valence-corrected chi connectivity index (χ4v) is 1.67. The topological polar surface area (TPSA) is 44.8 Å². The first-order chi connectivity index (χ1) is 9.26. The van der Waals surface area contributed by atoms with Gasteiger partial charge in [0, 0.05) is 0 Å². The molecule has 2 aromatic rings. The fourth-order valence-electron chi connectivity index (χ4n) is 1.67. The Morgan fingerprint density at radius 1 is 0.789 bits per heavy atom. The summed E-state index contributed by atoms with van der Waals surface area (Å²) < 4.78 is 15.6. The van der Waals surface area contributed by atoms with Crippen molar-refractivity contribution in [3.8, 4) is 17.2 Å². The van der Waals surface area contributed by atoms with Crippen molar-refractivity contribution in [2.75, 3.05) is 14.2 Å². The quantitative estimate of drug-likeness (QED) is 0.624. The second-order valence-corrected chi connectivity index (χ2v) is 3.74. The Labute approximate surface area is 111 Å². The van der Waals surface area contributed by atoms with Gasteiger partial charge in [0.15, 0.2) is 11.5 Å². The third-order valence-electron chi connectivity index (χ3n) is 2.60. The largest absolute Gasteiger partial charge is 0.496 e. The van der Waals surface area contributed by atoms with Crippen LogP contribution in [0.1, 0.15) is 10.4 Å². The van der Waals surface area contributed by atoms with Crippen LogP contribution in [-0.2, 0) is 0 Å². The number of hydrogen-bond acceptors (Lipinski definition) is 4. The number of benzene rings is 2. The highest BCUT2D eigenvalue weighted by atomic mass is 16.6. The molecule has 0 atom stereocenters. The maximum atomic E-state index is 12.1. The van der Waals surface area contributed by atoms with E-state index in [0.717, 1.165) is 0 Å². The van der Waals surface area contributed by atoms with Crippen LogP contribution >= 0.6 is 0 Å². The van der Waals surface area contributed by atoms with Crippen molar-refractivity contribution in [2.24, 2.45) is 0 Å². The van der Waals surface area contributed by atoms with E-state index in [1.807, 2.05) is 0 Å². The SMILES string of the molecule is COc1ccccc1OC(=O)c1ccccc1OC. The highest BCUT2D eigenvalue weighted by Crippen LogP contribution is 2.28. The normalized spacial score (nSPS) is 9.79. The summed E-state index contributed by atoms with van der Waals surface area (Å²) in [5, 5.41) is 0. The van der Waals surface area contributed by atoms with Crippen LogP contribution in [0.25, 0.3) is 0 Å². The number of rotatable bonds is 4. The minimum absolute atomic E-state index is 0.371. The van der Waals surface area contributed by atoms with Crippen LogP contribution in [0.4, 0.5) is 0 Å². The van der Waals surface area contributed by atoms with Crippen LogP contribution in [0.3, 0.4) is 0 Å². The first-order valence-electron chi connectivity index (χ1n) is 5.74. The molecule has 0 amide bonds. The maximum Gasteiger partial charge on any atom is 0.347 e. The van der Waals surface area contributed by atoms with Gasteiger partial charge in [0.25, 0.3) is 0 Å². The summed E-state index contributed by atoms with van der Waals surface area (Å²) in [7, 11) is 3.03. The van der Waals surface area contributed by atoms with Gasteiger partial charge < -0.3 is 14.2 Å². The number of hydrogen-bond donors (Lipinski definition) is 0. The average Bonchev–Trinajstić information content (AvgIpc) is 2.47. The van der Waals surface area contributed by atoms with E-state index in [-0.39, 0.29) is 0 Å². The lowest BCUT2D eigenvalue weighted by Gasteiger charge is -2.10. The molecule has 4 nitrogen and oxygen atoms in total. The van der Waals surface area contributed by atoms with Crippen molar-refractivity contribution < 1.29 is 19.0 Å². The van der Waals surface area contributed by atoms with Crippen molar-refractivity contribution in [3.63, 3.8) is 0 Å². The molecule has 0 heterocycles. The number of carbonyl (C=O) groups excluding carboxylic acids is 1. The minimum Gasteiger partial charge on any atom is -0.496 e. The molecule has 0 aliphatic carbocycles. The zero-order chi connectivity index (χ0) is 13.7. The lowest BCUT2D eigenvalue weighted by Crippen LogP contribution is -2.10. The Balaban J connectivity index is 2.26. The summed E-state index contributed by atoms with van der Waals surface area (Å²) in [4.78, 5) is 12.1. The summed E-state index contributed by atoms with van der Waals surface area (Å²) in [6.45, 7) is 0. The summed E-state index contributed by atoms with van der Waals surface area (Å²) in [6, 6.07) is 13.9. The van der Waals surface area contributed by atoms with Gasteiger partial charge in [-0.2, -0.15) is 0 Å². The Morgan fingerprint density at radius 2 is 1.32 bits per heavy atom. The van der Waals surface area contributed by atoms with Crippen LogP contribution in [0.2, 0.25) is 0 Å². The molecular weight excluding hydrogens is 244 g/mol. The van der Waals surface area contributed by atoms with Gasteiger partial charge >= 0.3 is 5.97 Å². The third-order valence-corrected chi connectivity index (χ3v) is 2.60. The molecule has 0 aliphatic rings. The third kappa shape index (κ3) is 2.85. The lowest BCUT2D eigenvalue weighted by molar-refractivity contribution is 0.0726. The molecule has 19 heavy (non-hydrogen) atoms. The van der Waals surface area contributed by atoms with Gasteiger partial charge in [0.05, 0.1) is 14.2 Å². The zero-order valence-corrected chi connectivity index (χ0v) is 10.8. The molecule has 0 unspecified atom stereocenters. The summed E-state index contributed by atoms with van der Waals surface area (Å²) >= 11 is 0. The predicted molar refractivity (Wildman–Crippen MR) is 70.9 cm³/mol. The summed E-state index contributed by atoms with van der Waals surface area (Å²) in [5.41, 5.74) is 0.371. The first-order valence-corrected chi connectivity index (χ1v) is 5.74. The highest BCUT2D eigenvalue weighted by molar-refractivity contribution is 5.94. The monoisotopic (exact) mass is 258 g/mol. The van der Waals surface area contributed by atoms with Crippen molar-refractivity contribution in [2.45, 2.75) is 0 Å². The van der Waals surface area contributed by atoms with E-state index >= 15 is 0 Å². The first kappa shape index (κ1) is 13.0. The van der Waals surface area contributed by atoms with Gasteiger partial charge in [0.2, 0.25) is 0 Å². The Morgan fingerprint density at radius 3 is 1.95 bits per heavy atom. The number of carbonyl (C=O) groups is 1. The minimum atomic E-state index is -0.484. The second-order valence-electron chi connectivity index (χ2n) is 3.74. The van der Waals surface area contributed by atoms with E-state index in [1.165, 1.54) is 14.2 Å². The molecular formula is C15H14O4. The standard InChI is InChI=1S/C15H14O4/c1-17-12-8-4-3-7-11(12)15(16)19-14-10-6-5-9-13(14)18-2/h3-10H,1-2H3. The van der Waals surface area contributed by atoms with Crippen LogP contribution in [-0.4, -0.2) is 20.2 Å². The molecule has 0 saturated carbocycles. The molecule has 2 aromatic carbocycles. The molecule has 0 N–H and O–H groups in total. The number of methoxy groups -OCH3 is 2. The van der Waals surface area contributed by atoms with Gasteiger partial charge in [-0.25, -0.2) is 4.79 Å². The van der Waals surface area contributed by atoms with Gasteiger partial charge in [-0.1, -0.05) is 24.3 Å². The summed E-state index contributed by atoms with van der Waals surface area (Å²) in [5.74, 6) is 0.871. The number of ether oxygens (including phenoxy) is 3. The fraction of sp³-hybridized carbons (Fsp3) is 0.133. The van der Waals surface area contributed by atoms with Crippen molar-refractivity contribution in [3.05, 3.63) is 54.1 Å². The molecule has 0 bridgehead atoms. The molecule has 0 spiro atoms. The van der Waals surface area contributed by atoms with E-state index in [4.69, 9.17) is 14.2 Å². The Bertz CT molecular complexity index is 578. The van der Waals surface area contributed by atoms with Crippen molar-refractivity contribution in [1.29, 1.82) is 0 Å². The van der Waals surface area contributed by atoms with E-state index in [2.05, 4.69) is 0 Å². The molecule has 0 aliphatic heterocycles. The molecule has 4 heteroatoms. The molecule has 0 fully saturated rings. The van der Waals surface area contributed by atoms with Gasteiger partial charge in [-0.3, -0.25) is 0 Å². The molecule has 0 saturated heterocycles. The second kappa shape index (κ2) is 5.91. The number of esters is 1. The molecule has 0 radical (unpaired) electrons. The van der Waals surface area contributed by atoms with Gasteiger partial charge in [-0.15, -0.1) is 0 Å². The van der Waals surface area contributed by atoms with Crippen molar-refractivity contribution in [1.82, 2.24) is 0 Å². The maximum absolute atomic E-state index is 12.1. The van der Waals surface area contributed by atoms with Crippen LogP contribution in [0.5, 0.6) is 17.2 Å². The lowest BCUT2D eigenvalue weighted by atomic mass is 10.2. The zero-order valence-electron chi connectivity index (χ0n) is 10.8. The highest BCUT2D eigenvalue weighted by Gasteiger charge is 2.15. The van der Waals surface area contributed by atoms with E-state index in [0.29, 0.717) is 22.8 Å². The van der Waals surface area contributed by atoms with E-state index in [9.17, 15) is 4.79 Å². The van der Waals surface area contributed by atoms with E-state index < -0.39 is 5.97 Å². The molecule has 98 valence electrons. The Kier molecular flexibility index (Phi) is 4.03. The summed E-state index contributed by atoms with van der Waals surface area (Å²) in [6.07, 6.45) is 0. The number of para-hydroxylation sites is 3. The predicted octanol–water partition coefficient (Wildman–Crippen LogP) is 2.92. The van der Waals surface area contributed by atoms with Gasteiger partial charge in [0.1, 0.15) is 11.3 Å². The van der Waals surface area contributed by atoms with Gasteiger partial charge in [-0.05, 0) is 24.3 Å². The van der Waals surface area contributed by atoms with Crippen LogP contribution in [0.15, 0.2) is 48.5 Å². The Hall–Kier alpha value is -2.49. The average molecular weight is 258 g/mol. The van der Waals surface area contributed by atoms with Crippen molar-refractivity contribution >= 4 is 5.97 Å². The molecule has 2 rings (SSSR count). The molecule has 0 aromatic heterocycles. The van der Waals surface area contributed by atoms with Crippen LogP contribution < -0.4 is 14.2 Å².